The highest BCUT2D eigenvalue weighted by molar-refractivity contribution is 5.97. The van der Waals surface area contributed by atoms with Crippen molar-refractivity contribution in [2.75, 3.05) is 32.5 Å². The number of fused-ring (bicyclic) bond motifs is 2. The second-order valence-electron chi connectivity index (χ2n) is 9.48. The van der Waals surface area contributed by atoms with Crippen LogP contribution in [0.25, 0.3) is 56.0 Å². The highest BCUT2D eigenvalue weighted by Crippen LogP contribution is 2.33. The number of imidazole rings is 1. The van der Waals surface area contributed by atoms with Gasteiger partial charge in [-0.3, -0.25) is 15.1 Å². The molecule has 0 aliphatic heterocycles. The zero-order valence-corrected chi connectivity index (χ0v) is 21.2. The van der Waals surface area contributed by atoms with Crippen LogP contribution >= 0.6 is 0 Å². The number of benzene rings is 1. The molecule has 38 heavy (non-hydrogen) atoms. The van der Waals surface area contributed by atoms with E-state index in [1.807, 2.05) is 51.5 Å². The molecular weight excluding hydrogens is 481 g/mol. The predicted molar refractivity (Wildman–Crippen MR) is 147 cm³/mol. The van der Waals surface area contributed by atoms with E-state index in [4.69, 9.17) is 4.98 Å². The first-order chi connectivity index (χ1) is 18.5. The Kier molecular flexibility index (Phi) is 6.01. The normalized spacial score (nSPS) is 11.6. The number of halogens is 1. The summed E-state index contributed by atoms with van der Waals surface area (Å²) in [6.45, 7) is 3.57. The fraction of sp³-hybridized carbons (Fsp3) is 0.179. The monoisotopic (exact) mass is 507 g/mol. The van der Waals surface area contributed by atoms with Crippen molar-refractivity contribution in [2.24, 2.45) is 0 Å². The van der Waals surface area contributed by atoms with Crippen LogP contribution in [-0.2, 0) is 0 Å². The maximum atomic E-state index is 14.6. The summed E-state index contributed by atoms with van der Waals surface area (Å²) in [4.78, 5) is 23.5. The Bertz CT molecular complexity index is 1770. The van der Waals surface area contributed by atoms with Gasteiger partial charge in [0.25, 0.3) is 0 Å². The largest absolute Gasteiger partial charge is 0.384 e. The number of anilines is 1. The average Bonchev–Trinajstić information content (AvgIpc) is 3.52. The van der Waals surface area contributed by atoms with E-state index in [1.54, 1.807) is 18.6 Å². The molecule has 0 spiro atoms. The highest BCUT2D eigenvalue weighted by Gasteiger charge is 2.17. The van der Waals surface area contributed by atoms with Crippen LogP contribution < -0.4 is 5.32 Å². The molecule has 0 radical (unpaired) electrons. The number of likely N-dealkylation sites (N-methyl/N-ethyl adjacent to an activating group) is 1. The number of aromatic nitrogens is 7. The maximum absolute atomic E-state index is 14.6. The molecule has 0 saturated heterocycles. The molecule has 5 heterocycles. The SMILES string of the molecule is Cc1ccncc1-c1cc2c(-c3nc4nccc(-c5cc(F)cc(NCCN(C)C)c5)c4[nH]3)n[nH]c2cn1. The Balaban J connectivity index is 1.41. The molecule has 0 atom stereocenters. The van der Waals surface area contributed by atoms with E-state index in [0.717, 1.165) is 51.1 Å². The molecule has 5 aromatic heterocycles. The van der Waals surface area contributed by atoms with Gasteiger partial charge in [-0.15, -0.1) is 0 Å². The van der Waals surface area contributed by atoms with Gasteiger partial charge in [-0.1, -0.05) is 0 Å². The van der Waals surface area contributed by atoms with Gasteiger partial charge in [-0.05, 0) is 68.5 Å². The van der Waals surface area contributed by atoms with E-state index in [9.17, 15) is 4.39 Å². The van der Waals surface area contributed by atoms with Gasteiger partial charge in [0.15, 0.2) is 11.5 Å². The zero-order valence-electron chi connectivity index (χ0n) is 21.2. The molecule has 3 N–H and O–H groups in total. The molecule has 0 fully saturated rings. The van der Waals surface area contributed by atoms with E-state index in [2.05, 4.69) is 40.3 Å². The molecule has 0 amide bonds. The minimum atomic E-state index is -0.316. The van der Waals surface area contributed by atoms with Gasteiger partial charge < -0.3 is 15.2 Å². The topological polar surface area (TPSA) is 111 Å². The van der Waals surface area contributed by atoms with Gasteiger partial charge in [0.1, 0.15) is 11.5 Å². The molecule has 0 aliphatic carbocycles. The standard InChI is InChI=1S/C28H26FN9/c1-16-4-6-30-14-22(16)23-13-21-24(15-33-23)36-37-26(21)28-34-25-20(5-7-32-27(25)35-28)17-10-18(29)12-19(11-17)31-8-9-38(2)3/h4-7,10-15,31H,8-9H2,1-3H3,(H,36,37)(H,32,34,35). The third-order valence-corrected chi connectivity index (χ3v) is 6.48. The first-order valence-corrected chi connectivity index (χ1v) is 12.3. The molecule has 6 rings (SSSR count). The lowest BCUT2D eigenvalue weighted by Gasteiger charge is -2.13. The number of H-pyrrole nitrogens is 2. The van der Waals surface area contributed by atoms with Crippen molar-refractivity contribution in [3.63, 3.8) is 0 Å². The molecule has 0 aliphatic rings. The van der Waals surface area contributed by atoms with Crippen LogP contribution in [0.15, 0.2) is 61.2 Å². The summed E-state index contributed by atoms with van der Waals surface area (Å²) in [6, 6.07) is 10.8. The summed E-state index contributed by atoms with van der Waals surface area (Å²) >= 11 is 0. The van der Waals surface area contributed by atoms with Crippen molar-refractivity contribution < 1.29 is 4.39 Å². The first kappa shape index (κ1) is 23.7. The lowest BCUT2D eigenvalue weighted by Crippen LogP contribution is -2.20. The summed E-state index contributed by atoms with van der Waals surface area (Å²) in [6.07, 6.45) is 7.02. The lowest BCUT2D eigenvalue weighted by molar-refractivity contribution is 0.425. The van der Waals surface area contributed by atoms with E-state index in [0.29, 0.717) is 29.2 Å². The van der Waals surface area contributed by atoms with Gasteiger partial charge in [0.05, 0.1) is 22.9 Å². The smallest absolute Gasteiger partial charge is 0.178 e. The Morgan fingerprint density at radius 3 is 2.74 bits per heavy atom. The van der Waals surface area contributed by atoms with Gasteiger partial charge in [0, 0.05) is 53.9 Å². The third kappa shape index (κ3) is 4.46. The number of rotatable bonds is 7. The second-order valence-corrected chi connectivity index (χ2v) is 9.48. The Hall–Kier alpha value is -4.70. The van der Waals surface area contributed by atoms with Crippen LogP contribution in [0.4, 0.5) is 10.1 Å². The molecule has 0 unspecified atom stereocenters. The van der Waals surface area contributed by atoms with E-state index in [-0.39, 0.29) is 5.82 Å². The third-order valence-electron chi connectivity index (χ3n) is 6.48. The zero-order chi connectivity index (χ0) is 26.2. The van der Waals surface area contributed by atoms with Crippen molar-refractivity contribution >= 4 is 27.8 Å². The Labute approximate surface area is 218 Å². The summed E-state index contributed by atoms with van der Waals surface area (Å²) in [5.41, 5.74) is 7.76. The van der Waals surface area contributed by atoms with Crippen LogP contribution in [0.2, 0.25) is 0 Å². The fourth-order valence-electron chi connectivity index (χ4n) is 4.51. The van der Waals surface area contributed by atoms with Gasteiger partial charge >= 0.3 is 0 Å². The number of nitrogens with one attached hydrogen (secondary N) is 3. The highest BCUT2D eigenvalue weighted by atomic mass is 19.1. The molecular formula is C28H26FN9. The molecule has 6 aromatic rings. The fourth-order valence-corrected chi connectivity index (χ4v) is 4.51. The lowest BCUT2D eigenvalue weighted by atomic mass is 10.0. The van der Waals surface area contributed by atoms with Crippen molar-refractivity contribution in [3.8, 4) is 33.9 Å². The van der Waals surface area contributed by atoms with E-state index >= 15 is 0 Å². The van der Waals surface area contributed by atoms with Crippen LogP contribution in [0, 0.1) is 12.7 Å². The van der Waals surface area contributed by atoms with Crippen LogP contribution in [0.3, 0.4) is 0 Å². The van der Waals surface area contributed by atoms with Crippen LogP contribution in [0.1, 0.15) is 5.56 Å². The number of hydrogen-bond donors (Lipinski definition) is 3. The summed E-state index contributed by atoms with van der Waals surface area (Å²) in [5, 5.41) is 11.7. The van der Waals surface area contributed by atoms with Crippen molar-refractivity contribution in [1.29, 1.82) is 0 Å². The Morgan fingerprint density at radius 2 is 1.89 bits per heavy atom. The number of pyridine rings is 3. The molecule has 1 aromatic carbocycles. The van der Waals surface area contributed by atoms with E-state index < -0.39 is 0 Å². The quantitative estimate of drug-likeness (QED) is 0.277. The number of aromatic amines is 2. The molecule has 9 nitrogen and oxygen atoms in total. The summed E-state index contributed by atoms with van der Waals surface area (Å²) in [5.74, 6) is 0.246. The molecule has 190 valence electrons. The number of hydrogen-bond acceptors (Lipinski definition) is 7. The van der Waals surface area contributed by atoms with Gasteiger partial charge in [-0.2, -0.15) is 5.10 Å². The Morgan fingerprint density at radius 1 is 1.00 bits per heavy atom. The van der Waals surface area contributed by atoms with Crippen LogP contribution in [0.5, 0.6) is 0 Å². The number of aryl methyl sites for hydroxylation is 1. The first-order valence-electron chi connectivity index (χ1n) is 12.3. The minimum Gasteiger partial charge on any atom is -0.384 e. The van der Waals surface area contributed by atoms with Gasteiger partial charge in [-0.25, -0.2) is 14.4 Å². The summed E-state index contributed by atoms with van der Waals surface area (Å²) in [7, 11) is 4.00. The van der Waals surface area contributed by atoms with Gasteiger partial charge in [0.2, 0.25) is 0 Å². The second kappa shape index (κ2) is 9.64. The predicted octanol–water partition coefficient (Wildman–Crippen LogP) is 5.05. The molecule has 10 heteroatoms. The minimum absolute atomic E-state index is 0.316. The molecule has 0 saturated carbocycles. The molecule has 0 bridgehead atoms. The van der Waals surface area contributed by atoms with Crippen molar-refractivity contribution in [3.05, 3.63) is 72.6 Å². The van der Waals surface area contributed by atoms with Crippen molar-refractivity contribution in [1.82, 2.24) is 40.0 Å². The van der Waals surface area contributed by atoms with Crippen LogP contribution in [-0.4, -0.2) is 67.2 Å². The maximum Gasteiger partial charge on any atom is 0.178 e. The van der Waals surface area contributed by atoms with E-state index in [1.165, 1.54) is 12.1 Å². The average molecular weight is 508 g/mol. The number of nitrogens with zero attached hydrogens (tertiary/aromatic N) is 6. The summed E-state index contributed by atoms with van der Waals surface area (Å²) < 4.78 is 14.6. The van der Waals surface area contributed by atoms with Crippen molar-refractivity contribution in [2.45, 2.75) is 6.92 Å².